The number of rotatable bonds is 3. The quantitative estimate of drug-likeness (QED) is 0.830. The molecular weight excluding hydrogens is 235 g/mol. The van der Waals surface area contributed by atoms with Crippen LogP contribution >= 0.6 is 11.6 Å². The highest BCUT2D eigenvalue weighted by atomic mass is 35.5. The molecule has 0 fully saturated rings. The normalized spacial score (nSPS) is 14.3. The summed E-state index contributed by atoms with van der Waals surface area (Å²) in [6.45, 7) is 1.27. The smallest absolute Gasteiger partial charge is 0.337 e. The molecule has 16 heavy (non-hydrogen) atoms. The van der Waals surface area contributed by atoms with Gasteiger partial charge in [0.2, 0.25) is 0 Å². The molecule has 1 aromatic rings. The van der Waals surface area contributed by atoms with Gasteiger partial charge in [-0.1, -0.05) is 17.7 Å². The summed E-state index contributed by atoms with van der Waals surface area (Å²) in [5, 5.41) is 10.0. The first kappa shape index (κ1) is 12.9. The van der Waals surface area contributed by atoms with E-state index >= 15 is 0 Å². The van der Waals surface area contributed by atoms with Crippen LogP contribution in [-0.4, -0.2) is 23.8 Å². The van der Waals surface area contributed by atoms with Gasteiger partial charge in [-0.3, -0.25) is 0 Å². The highest BCUT2D eigenvalue weighted by molar-refractivity contribution is 6.30. The zero-order chi connectivity index (χ0) is 12.3. The molecule has 1 unspecified atom stereocenters. The predicted molar refractivity (Wildman–Crippen MR) is 57.8 cm³/mol. The summed E-state index contributed by atoms with van der Waals surface area (Å²) in [6, 6.07) is 4.05. The molecule has 0 heterocycles. The SMILES string of the molecule is COC(=O)C(C)(O)Cc1ccc(Cl)cc1F. The van der Waals surface area contributed by atoms with Gasteiger partial charge in [-0.05, 0) is 24.6 Å². The van der Waals surface area contributed by atoms with Crippen LogP contribution in [0.5, 0.6) is 0 Å². The van der Waals surface area contributed by atoms with Crippen LogP contribution in [0, 0.1) is 5.82 Å². The Balaban J connectivity index is 2.92. The number of carbonyl (C=O) groups is 1. The molecule has 0 amide bonds. The average molecular weight is 247 g/mol. The van der Waals surface area contributed by atoms with E-state index in [0.717, 1.165) is 13.2 Å². The molecular formula is C11H12ClFO3. The van der Waals surface area contributed by atoms with Gasteiger partial charge in [0.15, 0.2) is 5.60 Å². The molecule has 1 aromatic carbocycles. The van der Waals surface area contributed by atoms with E-state index in [2.05, 4.69) is 4.74 Å². The van der Waals surface area contributed by atoms with E-state index in [1.54, 1.807) is 0 Å². The van der Waals surface area contributed by atoms with Crippen LogP contribution < -0.4 is 0 Å². The molecule has 3 nitrogen and oxygen atoms in total. The lowest BCUT2D eigenvalue weighted by Gasteiger charge is -2.20. The number of esters is 1. The van der Waals surface area contributed by atoms with Crippen molar-refractivity contribution in [3.63, 3.8) is 0 Å². The zero-order valence-corrected chi connectivity index (χ0v) is 9.71. The van der Waals surface area contributed by atoms with Crippen molar-refractivity contribution in [2.24, 2.45) is 0 Å². The van der Waals surface area contributed by atoms with Gasteiger partial charge in [-0.25, -0.2) is 9.18 Å². The minimum absolute atomic E-state index is 0.164. The molecule has 0 saturated heterocycles. The van der Waals surface area contributed by atoms with Crippen LogP contribution in [-0.2, 0) is 16.0 Å². The molecule has 0 aromatic heterocycles. The Bertz CT molecular complexity index is 404. The van der Waals surface area contributed by atoms with Crippen LogP contribution in [0.25, 0.3) is 0 Å². The Labute approximate surface area is 97.8 Å². The molecule has 1 rings (SSSR count). The first-order valence-electron chi connectivity index (χ1n) is 4.61. The summed E-state index contributed by atoms with van der Waals surface area (Å²) in [4.78, 5) is 11.2. The maximum absolute atomic E-state index is 13.4. The zero-order valence-electron chi connectivity index (χ0n) is 8.96. The van der Waals surface area contributed by atoms with Crippen molar-refractivity contribution in [3.8, 4) is 0 Å². The molecule has 0 bridgehead atoms. The van der Waals surface area contributed by atoms with Crippen molar-refractivity contribution in [1.82, 2.24) is 0 Å². The number of methoxy groups -OCH3 is 1. The van der Waals surface area contributed by atoms with Crippen molar-refractivity contribution < 1.29 is 19.0 Å². The van der Waals surface area contributed by atoms with Crippen molar-refractivity contribution >= 4 is 17.6 Å². The van der Waals surface area contributed by atoms with Gasteiger partial charge < -0.3 is 9.84 Å². The second-order valence-corrected chi connectivity index (χ2v) is 4.11. The fourth-order valence-corrected chi connectivity index (χ4v) is 1.49. The van der Waals surface area contributed by atoms with E-state index in [4.69, 9.17) is 11.6 Å². The van der Waals surface area contributed by atoms with Gasteiger partial charge in [-0.2, -0.15) is 0 Å². The Morgan fingerprint density at radius 3 is 2.75 bits per heavy atom. The number of ether oxygens (including phenoxy) is 1. The summed E-state index contributed by atoms with van der Waals surface area (Å²) in [6.07, 6.45) is -0.164. The largest absolute Gasteiger partial charge is 0.467 e. The number of hydrogen-bond donors (Lipinski definition) is 1. The minimum atomic E-state index is -1.75. The highest BCUT2D eigenvalue weighted by Gasteiger charge is 2.32. The number of aliphatic hydroxyl groups is 1. The van der Waals surface area contributed by atoms with E-state index in [0.29, 0.717) is 0 Å². The van der Waals surface area contributed by atoms with Crippen LogP contribution in [0.4, 0.5) is 4.39 Å². The van der Waals surface area contributed by atoms with E-state index in [1.165, 1.54) is 19.1 Å². The molecule has 0 aliphatic rings. The van der Waals surface area contributed by atoms with Crippen molar-refractivity contribution in [1.29, 1.82) is 0 Å². The summed E-state index contributed by atoms with van der Waals surface area (Å²) >= 11 is 5.58. The Kier molecular flexibility index (Phi) is 3.88. The van der Waals surface area contributed by atoms with Crippen LogP contribution in [0.1, 0.15) is 12.5 Å². The van der Waals surface area contributed by atoms with Crippen LogP contribution in [0.3, 0.4) is 0 Å². The third kappa shape index (κ3) is 2.93. The van der Waals surface area contributed by atoms with Crippen molar-refractivity contribution in [2.45, 2.75) is 18.9 Å². The molecule has 1 atom stereocenters. The van der Waals surface area contributed by atoms with Gasteiger partial charge in [-0.15, -0.1) is 0 Å². The first-order valence-corrected chi connectivity index (χ1v) is 4.99. The number of benzene rings is 1. The van der Waals surface area contributed by atoms with E-state index in [9.17, 15) is 14.3 Å². The summed E-state index contributed by atoms with van der Waals surface area (Å²) in [7, 11) is 1.16. The summed E-state index contributed by atoms with van der Waals surface area (Å²) in [5.74, 6) is -1.36. The molecule has 88 valence electrons. The molecule has 0 saturated carbocycles. The lowest BCUT2D eigenvalue weighted by Crippen LogP contribution is -2.38. The van der Waals surface area contributed by atoms with Crippen molar-refractivity contribution in [2.75, 3.05) is 7.11 Å². The van der Waals surface area contributed by atoms with E-state index in [1.807, 2.05) is 0 Å². The molecule has 0 radical (unpaired) electrons. The summed E-state index contributed by atoms with van der Waals surface area (Å²) in [5.41, 5.74) is -1.54. The topological polar surface area (TPSA) is 46.5 Å². The molecule has 5 heteroatoms. The maximum Gasteiger partial charge on any atom is 0.337 e. The second kappa shape index (κ2) is 4.80. The third-order valence-corrected chi connectivity index (χ3v) is 2.41. The molecule has 0 spiro atoms. The maximum atomic E-state index is 13.4. The molecule has 0 aliphatic heterocycles. The lowest BCUT2D eigenvalue weighted by atomic mass is 9.96. The lowest BCUT2D eigenvalue weighted by molar-refractivity contribution is -0.160. The monoisotopic (exact) mass is 246 g/mol. The fraction of sp³-hybridized carbons (Fsp3) is 0.364. The molecule has 1 N–H and O–H groups in total. The van der Waals surface area contributed by atoms with E-state index in [-0.39, 0.29) is 17.0 Å². The highest BCUT2D eigenvalue weighted by Crippen LogP contribution is 2.20. The standard InChI is InChI=1S/C11H12ClFO3/c1-11(15,10(14)16-2)6-7-3-4-8(12)5-9(7)13/h3-5,15H,6H2,1-2H3. The van der Waals surface area contributed by atoms with Crippen LogP contribution in [0.2, 0.25) is 5.02 Å². The van der Waals surface area contributed by atoms with Crippen LogP contribution in [0.15, 0.2) is 18.2 Å². The average Bonchev–Trinajstić information content (AvgIpc) is 2.21. The van der Waals surface area contributed by atoms with Crippen molar-refractivity contribution in [3.05, 3.63) is 34.6 Å². The van der Waals surface area contributed by atoms with E-state index < -0.39 is 17.4 Å². The molecule has 0 aliphatic carbocycles. The summed E-state index contributed by atoms with van der Waals surface area (Å²) < 4.78 is 17.8. The van der Waals surface area contributed by atoms with Gasteiger partial charge in [0.05, 0.1) is 7.11 Å². The Morgan fingerprint density at radius 2 is 2.25 bits per heavy atom. The third-order valence-electron chi connectivity index (χ3n) is 2.17. The Morgan fingerprint density at radius 1 is 1.62 bits per heavy atom. The fourth-order valence-electron chi connectivity index (χ4n) is 1.33. The second-order valence-electron chi connectivity index (χ2n) is 3.68. The van der Waals surface area contributed by atoms with Gasteiger partial charge >= 0.3 is 5.97 Å². The predicted octanol–water partition coefficient (Wildman–Crippen LogP) is 1.95. The first-order chi connectivity index (χ1) is 7.36. The number of halogens is 2. The van der Waals surface area contributed by atoms with Gasteiger partial charge in [0.25, 0.3) is 0 Å². The van der Waals surface area contributed by atoms with Gasteiger partial charge in [0.1, 0.15) is 5.82 Å². The Hall–Kier alpha value is -1.13. The number of carbonyl (C=O) groups excluding carboxylic acids is 1. The minimum Gasteiger partial charge on any atom is -0.467 e. The number of hydrogen-bond acceptors (Lipinski definition) is 3. The van der Waals surface area contributed by atoms with Gasteiger partial charge in [0, 0.05) is 11.4 Å².